The Morgan fingerprint density at radius 2 is 1.82 bits per heavy atom. The lowest BCUT2D eigenvalue weighted by Crippen LogP contribution is -2.53. The Labute approximate surface area is 297 Å². The highest BCUT2D eigenvalue weighted by Gasteiger charge is 2.38. The second-order valence-electron chi connectivity index (χ2n) is 14.7. The Morgan fingerprint density at radius 3 is 2.48 bits per heavy atom. The van der Waals surface area contributed by atoms with E-state index >= 15 is 0 Å². The number of carbonyl (C=O) groups is 1. The molecule has 10 nitrogen and oxygen atoms in total. The van der Waals surface area contributed by atoms with E-state index in [4.69, 9.17) is 19.2 Å². The van der Waals surface area contributed by atoms with E-state index in [-0.39, 0.29) is 24.3 Å². The van der Waals surface area contributed by atoms with Gasteiger partial charge in [-0.15, -0.1) is 0 Å². The lowest BCUT2D eigenvalue weighted by Gasteiger charge is -2.47. The van der Waals surface area contributed by atoms with Crippen molar-refractivity contribution in [1.82, 2.24) is 20.2 Å². The first-order valence-electron chi connectivity index (χ1n) is 18.8. The predicted octanol–water partition coefficient (Wildman–Crippen LogP) is 6.87. The van der Waals surface area contributed by atoms with Crippen molar-refractivity contribution in [2.24, 2.45) is 5.92 Å². The smallest absolute Gasteiger partial charge is 0.253 e. The second kappa shape index (κ2) is 17.0. The quantitative estimate of drug-likeness (QED) is 0.182. The van der Waals surface area contributed by atoms with Crippen molar-refractivity contribution in [3.05, 3.63) is 59.9 Å². The minimum Gasteiger partial charge on any atom is -0.490 e. The van der Waals surface area contributed by atoms with Gasteiger partial charge in [-0.05, 0) is 114 Å². The van der Waals surface area contributed by atoms with Gasteiger partial charge in [0.05, 0.1) is 28.9 Å². The summed E-state index contributed by atoms with van der Waals surface area (Å²) >= 11 is 0. The van der Waals surface area contributed by atoms with Crippen molar-refractivity contribution in [2.45, 2.75) is 122 Å². The molecule has 1 atom stereocenters. The molecule has 268 valence electrons. The van der Waals surface area contributed by atoms with Gasteiger partial charge in [-0.3, -0.25) is 14.7 Å². The number of rotatable bonds is 14. The summed E-state index contributed by atoms with van der Waals surface area (Å²) in [5.74, 6) is 2.30. The number of nitriles is 1. The minimum atomic E-state index is -0.0755. The number of piperidine rings is 1. The zero-order valence-electron chi connectivity index (χ0n) is 30.2. The largest absolute Gasteiger partial charge is 0.490 e. The van der Waals surface area contributed by atoms with Crippen molar-refractivity contribution < 1.29 is 19.0 Å². The van der Waals surface area contributed by atoms with Crippen LogP contribution in [-0.2, 0) is 9.47 Å². The molecular weight excluding hydrogens is 628 g/mol. The van der Waals surface area contributed by atoms with Gasteiger partial charge in [-0.25, -0.2) is 4.98 Å². The zero-order chi connectivity index (χ0) is 35.0. The van der Waals surface area contributed by atoms with E-state index in [0.29, 0.717) is 40.7 Å². The molecule has 1 aliphatic heterocycles. The van der Waals surface area contributed by atoms with E-state index in [2.05, 4.69) is 46.9 Å². The molecule has 1 N–H and O–H groups in total. The Balaban J connectivity index is 0.923. The molecule has 10 heteroatoms. The first-order chi connectivity index (χ1) is 24.3. The van der Waals surface area contributed by atoms with Gasteiger partial charge in [0.25, 0.3) is 5.91 Å². The molecule has 3 aromatic rings. The summed E-state index contributed by atoms with van der Waals surface area (Å²) < 4.78 is 18.1. The zero-order valence-corrected chi connectivity index (χ0v) is 30.2. The molecule has 3 fully saturated rings. The molecule has 2 aromatic heterocycles. The summed E-state index contributed by atoms with van der Waals surface area (Å²) in [5.41, 5.74) is 1.81. The van der Waals surface area contributed by atoms with Gasteiger partial charge in [0.1, 0.15) is 17.6 Å². The Hall–Kier alpha value is -3.78. The molecule has 2 aliphatic carbocycles. The normalized spacial score (nSPS) is 23.4. The third kappa shape index (κ3) is 8.74. The molecule has 3 aliphatic rings. The van der Waals surface area contributed by atoms with Crippen LogP contribution >= 0.6 is 0 Å². The molecule has 0 spiro atoms. The maximum Gasteiger partial charge on any atom is 0.253 e. The number of carbonyl (C=O) groups excluding carboxylic acids is 1. The predicted molar refractivity (Wildman–Crippen MR) is 195 cm³/mol. The fourth-order valence-electron chi connectivity index (χ4n) is 7.86. The van der Waals surface area contributed by atoms with E-state index in [1.807, 2.05) is 30.3 Å². The van der Waals surface area contributed by atoms with Crippen molar-refractivity contribution in [1.29, 1.82) is 5.26 Å². The number of pyridine rings is 2. The molecular formula is C40H54N6O4. The molecule has 2 saturated carbocycles. The number of hydrogen-bond donors (Lipinski definition) is 1. The summed E-state index contributed by atoms with van der Waals surface area (Å²) in [6, 6.07) is 14.8. The van der Waals surface area contributed by atoms with Crippen LogP contribution in [0, 0.1) is 17.2 Å². The van der Waals surface area contributed by atoms with Gasteiger partial charge in [-0.1, -0.05) is 13.3 Å². The standard InChI is InChI=1S/C40H54N6O4/c1-5-7-38(48-4)50-34-22-32(23-34)46(27(2)3)26-28-17-20-45(21-18-28)37-16-10-30(25-43-37)40(47)44-31-11-13-33(14-12-31)49-36-15-9-29(24-41)39-35(36)8-6-19-42-39/h6,8-10,15-16,19,25,27-28,31-34,38H,5,7,11-14,17-18,20-23,26H2,1-4H3,(H,44,47). The average molecular weight is 683 g/mol. The van der Waals surface area contributed by atoms with Crippen LogP contribution in [0.15, 0.2) is 48.8 Å². The number of hydrogen-bond acceptors (Lipinski definition) is 9. The van der Waals surface area contributed by atoms with E-state index in [1.54, 1.807) is 25.6 Å². The van der Waals surface area contributed by atoms with Crippen LogP contribution in [0.3, 0.4) is 0 Å². The number of aromatic nitrogens is 2. The SMILES string of the molecule is CCCC(OC)OC1CC(N(CC2CCN(c3ccc(C(=O)NC4CCC(Oc5ccc(C#N)c6ncccc56)CC4)cn3)CC2)C(C)C)C1. The van der Waals surface area contributed by atoms with Crippen molar-refractivity contribution >= 4 is 22.6 Å². The first-order valence-corrected chi connectivity index (χ1v) is 18.8. The van der Waals surface area contributed by atoms with E-state index in [1.165, 1.54) is 0 Å². The third-order valence-electron chi connectivity index (χ3n) is 10.9. The Kier molecular flexibility index (Phi) is 12.2. The maximum atomic E-state index is 13.1. The van der Waals surface area contributed by atoms with Crippen LogP contribution in [0.5, 0.6) is 5.75 Å². The summed E-state index contributed by atoms with van der Waals surface area (Å²) in [7, 11) is 1.75. The van der Waals surface area contributed by atoms with Gasteiger partial charge in [-0.2, -0.15) is 5.26 Å². The highest BCUT2D eigenvalue weighted by atomic mass is 16.7. The average Bonchev–Trinajstić information content (AvgIpc) is 3.13. The van der Waals surface area contributed by atoms with E-state index in [9.17, 15) is 10.1 Å². The fraction of sp³-hybridized carbons (Fsp3) is 0.600. The number of anilines is 1. The molecule has 1 amide bonds. The molecule has 0 bridgehead atoms. The summed E-state index contributed by atoms with van der Waals surface area (Å²) in [4.78, 5) is 27.3. The van der Waals surface area contributed by atoms with Gasteiger partial charge in [0.15, 0.2) is 6.29 Å². The molecule has 3 heterocycles. The van der Waals surface area contributed by atoms with Crippen LogP contribution in [-0.4, -0.2) is 84.1 Å². The lowest BCUT2D eigenvalue weighted by molar-refractivity contribution is -0.190. The number of amides is 1. The van der Waals surface area contributed by atoms with Crippen LogP contribution in [0.2, 0.25) is 0 Å². The number of ether oxygens (including phenoxy) is 3. The topological polar surface area (TPSA) is 113 Å². The number of benzene rings is 1. The van der Waals surface area contributed by atoms with E-state index < -0.39 is 0 Å². The lowest BCUT2D eigenvalue weighted by atomic mass is 9.85. The highest BCUT2D eigenvalue weighted by Crippen LogP contribution is 2.34. The van der Waals surface area contributed by atoms with Gasteiger partial charge >= 0.3 is 0 Å². The van der Waals surface area contributed by atoms with Crippen LogP contribution in [0.1, 0.15) is 101 Å². The maximum absolute atomic E-state index is 13.1. The van der Waals surface area contributed by atoms with Crippen LogP contribution in [0.4, 0.5) is 5.82 Å². The third-order valence-corrected chi connectivity index (χ3v) is 10.9. The summed E-state index contributed by atoms with van der Waals surface area (Å²) in [6.45, 7) is 9.91. The number of nitrogens with zero attached hydrogens (tertiary/aromatic N) is 5. The molecule has 1 saturated heterocycles. The van der Waals surface area contributed by atoms with E-state index in [0.717, 1.165) is 101 Å². The minimum absolute atomic E-state index is 0.0581. The molecule has 1 unspecified atom stereocenters. The molecule has 1 aromatic carbocycles. The Morgan fingerprint density at radius 1 is 1.04 bits per heavy atom. The van der Waals surface area contributed by atoms with Gasteiger partial charge in [0.2, 0.25) is 0 Å². The van der Waals surface area contributed by atoms with Crippen molar-refractivity contribution in [2.75, 3.05) is 31.6 Å². The Bertz CT molecular complexity index is 1590. The fourth-order valence-corrected chi connectivity index (χ4v) is 7.86. The summed E-state index contributed by atoms with van der Waals surface area (Å²) in [5, 5.41) is 13.5. The van der Waals surface area contributed by atoms with Gasteiger partial charge in [0, 0.05) is 62.6 Å². The number of nitrogens with one attached hydrogen (secondary N) is 1. The molecule has 6 rings (SSSR count). The van der Waals surface area contributed by atoms with Crippen molar-refractivity contribution in [3.63, 3.8) is 0 Å². The van der Waals surface area contributed by atoms with Crippen molar-refractivity contribution in [3.8, 4) is 11.8 Å². The van der Waals surface area contributed by atoms with Gasteiger partial charge < -0.3 is 24.4 Å². The molecule has 50 heavy (non-hydrogen) atoms. The first kappa shape index (κ1) is 36.0. The van der Waals surface area contributed by atoms with Crippen LogP contribution < -0.4 is 15.0 Å². The number of methoxy groups -OCH3 is 1. The second-order valence-corrected chi connectivity index (χ2v) is 14.7. The summed E-state index contributed by atoms with van der Waals surface area (Å²) in [6.07, 6.45) is 13.6. The monoisotopic (exact) mass is 682 g/mol. The molecule has 0 radical (unpaired) electrons. The number of fused-ring (bicyclic) bond motifs is 1. The van der Waals surface area contributed by atoms with Crippen LogP contribution in [0.25, 0.3) is 10.9 Å². The highest BCUT2D eigenvalue weighted by molar-refractivity contribution is 5.94.